The molecule has 3 rings (SSSR count). The Bertz CT molecular complexity index is 958. The first kappa shape index (κ1) is 22.7. The molecular weight excluding hydrogens is 417 g/mol. The first-order valence-electron chi connectivity index (χ1n) is 9.66. The van der Waals surface area contributed by atoms with Crippen molar-refractivity contribution in [1.29, 1.82) is 0 Å². The van der Waals surface area contributed by atoms with E-state index in [2.05, 4.69) is 9.62 Å². The molecule has 9 heteroatoms. The molecule has 1 aliphatic rings. The monoisotopic (exact) mass is 442 g/mol. The number of rotatable bonds is 7. The third-order valence-electron chi connectivity index (χ3n) is 5.02. The number of sulfonamides is 1. The van der Waals surface area contributed by atoms with Crippen LogP contribution in [0.4, 0.5) is 13.2 Å². The highest BCUT2D eigenvalue weighted by atomic mass is 32.2. The van der Waals surface area contributed by atoms with Gasteiger partial charge in [-0.2, -0.15) is 13.2 Å². The van der Waals surface area contributed by atoms with Crippen molar-refractivity contribution in [2.75, 3.05) is 32.8 Å². The molecule has 0 amide bonds. The third-order valence-corrected chi connectivity index (χ3v) is 6.34. The lowest BCUT2D eigenvalue weighted by Gasteiger charge is -2.35. The second-order valence-corrected chi connectivity index (χ2v) is 9.19. The van der Waals surface area contributed by atoms with Crippen LogP contribution < -0.4 is 4.72 Å². The lowest BCUT2D eigenvalue weighted by Crippen LogP contribution is -2.44. The van der Waals surface area contributed by atoms with Crippen LogP contribution in [0.5, 0.6) is 0 Å². The summed E-state index contributed by atoms with van der Waals surface area (Å²) in [5.74, 6) is -0.513. The van der Waals surface area contributed by atoms with Crippen LogP contribution in [0.3, 0.4) is 0 Å². The minimum atomic E-state index is -4.51. The first-order valence-corrected chi connectivity index (χ1v) is 11.3. The van der Waals surface area contributed by atoms with Gasteiger partial charge in [-0.3, -0.25) is 4.90 Å². The largest absolute Gasteiger partial charge is 0.416 e. The molecule has 1 aliphatic heterocycles. The predicted octanol–water partition coefficient (Wildman–Crippen LogP) is 3.51. The number of morpholine rings is 1. The van der Waals surface area contributed by atoms with Crippen molar-refractivity contribution in [2.24, 2.45) is 0 Å². The van der Waals surface area contributed by atoms with Crippen LogP contribution >= 0.6 is 0 Å². The van der Waals surface area contributed by atoms with Gasteiger partial charge in [-0.15, -0.1) is 0 Å². The number of nitrogens with zero attached hydrogens (tertiary/aromatic N) is 1. The smallest absolute Gasteiger partial charge is 0.379 e. The van der Waals surface area contributed by atoms with Gasteiger partial charge in [-0.1, -0.05) is 48.0 Å². The van der Waals surface area contributed by atoms with E-state index in [1.165, 1.54) is 12.1 Å². The van der Waals surface area contributed by atoms with Gasteiger partial charge >= 0.3 is 6.18 Å². The lowest BCUT2D eigenvalue weighted by molar-refractivity contribution is -0.137. The topological polar surface area (TPSA) is 58.6 Å². The molecule has 2 aromatic carbocycles. The first-order chi connectivity index (χ1) is 14.1. The van der Waals surface area contributed by atoms with Gasteiger partial charge in [0.15, 0.2) is 0 Å². The molecule has 30 heavy (non-hydrogen) atoms. The number of halogens is 3. The Hall–Kier alpha value is -1.94. The van der Waals surface area contributed by atoms with Crippen LogP contribution in [-0.2, 0) is 26.7 Å². The van der Waals surface area contributed by atoms with Gasteiger partial charge in [0.1, 0.15) is 0 Å². The van der Waals surface area contributed by atoms with Gasteiger partial charge in [-0.25, -0.2) is 13.1 Å². The van der Waals surface area contributed by atoms with E-state index in [1.54, 1.807) is 0 Å². The summed E-state index contributed by atoms with van der Waals surface area (Å²) in [4.78, 5) is 2.16. The van der Waals surface area contributed by atoms with Crippen molar-refractivity contribution in [3.63, 3.8) is 0 Å². The minimum absolute atomic E-state index is 0.0933. The molecule has 0 spiro atoms. The van der Waals surface area contributed by atoms with Crippen molar-refractivity contribution >= 4 is 10.0 Å². The SMILES string of the molecule is Cc1cccc(C(CNS(=O)(=O)Cc2cccc(C(F)(F)F)c2)N2CCOCC2)c1. The van der Waals surface area contributed by atoms with Crippen LogP contribution in [-0.4, -0.2) is 46.2 Å². The number of aryl methyl sites for hydroxylation is 1. The summed E-state index contributed by atoms with van der Waals surface area (Å²) < 4.78 is 71.9. The molecular formula is C21H25F3N2O3S. The van der Waals surface area contributed by atoms with E-state index in [0.717, 1.165) is 23.3 Å². The van der Waals surface area contributed by atoms with Crippen molar-refractivity contribution in [1.82, 2.24) is 9.62 Å². The van der Waals surface area contributed by atoms with Crippen molar-refractivity contribution in [3.8, 4) is 0 Å². The van der Waals surface area contributed by atoms with Crippen molar-refractivity contribution in [3.05, 3.63) is 70.8 Å². The zero-order valence-electron chi connectivity index (χ0n) is 16.7. The molecule has 0 radical (unpaired) electrons. The Balaban J connectivity index is 1.74. The lowest BCUT2D eigenvalue weighted by atomic mass is 10.0. The fraction of sp³-hybridized carbons (Fsp3) is 0.429. The number of nitrogens with one attached hydrogen (secondary N) is 1. The Labute approximate surface area is 174 Å². The van der Waals surface area contributed by atoms with E-state index in [-0.39, 0.29) is 18.2 Å². The second-order valence-electron chi connectivity index (χ2n) is 7.38. The summed E-state index contributed by atoms with van der Waals surface area (Å²) in [6, 6.07) is 12.1. The quantitative estimate of drug-likeness (QED) is 0.713. The maximum absolute atomic E-state index is 12.9. The van der Waals surface area contributed by atoms with E-state index in [4.69, 9.17) is 4.74 Å². The van der Waals surface area contributed by atoms with Crippen LogP contribution in [0.1, 0.15) is 28.3 Å². The third kappa shape index (κ3) is 6.28. The molecule has 0 saturated carbocycles. The second kappa shape index (κ2) is 9.47. The molecule has 1 heterocycles. The molecule has 0 aliphatic carbocycles. The van der Waals surface area contributed by atoms with Gasteiger partial charge in [0, 0.05) is 25.7 Å². The Morgan fingerprint density at radius 2 is 1.80 bits per heavy atom. The maximum atomic E-state index is 12.9. The Kier molecular flexibility index (Phi) is 7.18. The average molecular weight is 443 g/mol. The molecule has 1 N–H and O–H groups in total. The molecule has 2 aromatic rings. The normalized spacial score (nSPS) is 17.1. The average Bonchev–Trinajstić information content (AvgIpc) is 2.68. The Morgan fingerprint density at radius 1 is 1.10 bits per heavy atom. The predicted molar refractivity (Wildman–Crippen MR) is 108 cm³/mol. The molecule has 1 atom stereocenters. The van der Waals surface area contributed by atoms with Crippen molar-refractivity contribution < 1.29 is 26.3 Å². The number of benzene rings is 2. The summed E-state index contributed by atoms with van der Waals surface area (Å²) >= 11 is 0. The van der Waals surface area contributed by atoms with Gasteiger partial charge in [0.2, 0.25) is 10.0 Å². The minimum Gasteiger partial charge on any atom is -0.379 e. The van der Waals surface area contributed by atoms with E-state index in [0.29, 0.717) is 26.3 Å². The van der Waals surface area contributed by atoms with Gasteiger partial charge in [-0.05, 0) is 24.1 Å². The number of ether oxygens (including phenoxy) is 1. The molecule has 0 aromatic heterocycles. The molecule has 164 valence electrons. The van der Waals surface area contributed by atoms with Crippen LogP contribution in [0.25, 0.3) is 0 Å². The summed E-state index contributed by atoms with van der Waals surface area (Å²) in [6.07, 6.45) is -4.51. The summed E-state index contributed by atoms with van der Waals surface area (Å²) in [6.45, 7) is 4.59. The van der Waals surface area contributed by atoms with Gasteiger partial charge in [0.25, 0.3) is 0 Å². The molecule has 1 saturated heterocycles. The summed E-state index contributed by atoms with van der Waals surface area (Å²) in [5, 5.41) is 0. The molecule has 1 unspecified atom stereocenters. The molecule has 1 fully saturated rings. The summed E-state index contributed by atoms with van der Waals surface area (Å²) in [5.41, 5.74) is 1.29. The number of alkyl halides is 3. The van der Waals surface area contributed by atoms with E-state index in [1.807, 2.05) is 31.2 Å². The zero-order valence-corrected chi connectivity index (χ0v) is 17.5. The standard InChI is InChI=1S/C21H25F3N2O3S/c1-16-4-2-6-18(12-16)20(26-8-10-29-11-9-26)14-25-30(27,28)15-17-5-3-7-19(13-17)21(22,23)24/h2-7,12-13,20,25H,8-11,14-15H2,1H3. The van der Waals surface area contributed by atoms with Gasteiger partial charge in [0.05, 0.1) is 24.5 Å². The van der Waals surface area contributed by atoms with Crippen molar-refractivity contribution in [2.45, 2.75) is 24.9 Å². The van der Waals surface area contributed by atoms with Gasteiger partial charge < -0.3 is 4.74 Å². The van der Waals surface area contributed by atoms with E-state index < -0.39 is 27.5 Å². The summed E-state index contributed by atoms with van der Waals surface area (Å²) in [7, 11) is -3.82. The maximum Gasteiger partial charge on any atom is 0.416 e. The molecule has 5 nitrogen and oxygen atoms in total. The van der Waals surface area contributed by atoms with Crippen LogP contribution in [0.2, 0.25) is 0 Å². The number of hydrogen-bond donors (Lipinski definition) is 1. The highest BCUT2D eigenvalue weighted by Gasteiger charge is 2.31. The van der Waals surface area contributed by atoms with Crippen LogP contribution in [0.15, 0.2) is 48.5 Å². The highest BCUT2D eigenvalue weighted by molar-refractivity contribution is 7.88. The fourth-order valence-corrected chi connectivity index (χ4v) is 4.67. The van der Waals surface area contributed by atoms with Crippen LogP contribution in [0, 0.1) is 6.92 Å². The highest BCUT2D eigenvalue weighted by Crippen LogP contribution is 2.30. The van der Waals surface area contributed by atoms with E-state index in [9.17, 15) is 21.6 Å². The van der Waals surface area contributed by atoms with E-state index >= 15 is 0 Å². The fourth-order valence-electron chi connectivity index (χ4n) is 3.54. The molecule has 0 bridgehead atoms. The Morgan fingerprint density at radius 3 is 2.47 bits per heavy atom. The zero-order chi connectivity index (χ0) is 21.8. The number of hydrogen-bond acceptors (Lipinski definition) is 4.